The molecule has 0 amide bonds. The van der Waals surface area contributed by atoms with Crippen molar-refractivity contribution < 1.29 is 4.74 Å². The number of thioether (sulfide) groups is 1. The Hall–Kier alpha value is -3.30. The van der Waals surface area contributed by atoms with E-state index in [2.05, 4.69) is 42.7 Å². The molecule has 0 radical (unpaired) electrons. The molecule has 0 bridgehead atoms. The molecule has 3 N–H and O–H groups in total. The van der Waals surface area contributed by atoms with Crippen molar-refractivity contribution in [2.24, 2.45) is 5.10 Å². The van der Waals surface area contributed by atoms with Crippen LogP contribution >= 0.6 is 27.7 Å². The van der Waals surface area contributed by atoms with E-state index >= 15 is 0 Å². The Labute approximate surface area is 192 Å². The first kappa shape index (κ1) is 21.0. The summed E-state index contributed by atoms with van der Waals surface area (Å²) >= 11 is 4.97. The van der Waals surface area contributed by atoms with E-state index in [0.717, 1.165) is 32.9 Å². The molecule has 9 heteroatoms. The molecule has 7 nitrogen and oxygen atoms in total. The summed E-state index contributed by atoms with van der Waals surface area (Å²) < 4.78 is 8.26. The highest BCUT2D eigenvalue weighted by Gasteiger charge is 2.09. The molecule has 0 aliphatic heterocycles. The second-order valence-electron chi connectivity index (χ2n) is 6.45. The van der Waals surface area contributed by atoms with E-state index in [1.54, 1.807) is 6.21 Å². The maximum atomic E-state index is 6.09. The number of nitrogens with one attached hydrogen (secondary N) is 1. The fourth-order valence-electron chi connectivity index (χ4n) is 2.67. The minimum Gasteiger partial charge on any atom is -0.457 e. The van der Waals surface area contributed by atoms with E-state index in [-0.39, 0.29) is 0 Å². The number of hydrogen-bond acceptors (Lipinski definition) is 7. The van der Waals surface area contributed by atoms with Crippen LogP contribution in [0.25, 0.3) is 0 Å². The van der Waals surface area contributed by atoms with Crippen LogP contribution in [0.15, 0.2) is 93.6 Å². The molecular formula is C22H19BrN6OS. The zero-order valence-electron chi connectivity index (χ0n) is 16.4. The average molecular weight is 495 g/mol. The Balaban J connectivity index is 1.35. The summed E-state index contributed by atoms with van der Waals surface area (Å²) in [5, 5.41) is 13.0. The quantitative estimate of drug-likeness (QED) is 0.150. The number of aromatic nitrogens is 3. The van der Waals surface area contributed by atoms with Gasteiger partial charge < -0.3 is 10.6 Å². The Kier molecular flexibility index (Phi) is 6.85. The summed E-state index contributed by atoms with van der Waals surface area (Å²) in [6.07, 6.45) is 1.67. The van der Waals surface area contributed by atoms with Crippen molar-refractivity contribution in [1.29, 1.82) is 0 Å². The highest BCUT2D eigenvalue weighted by molar-refractivity contribution is 9.10. The molecule has 0 aliphatic rings. The lowest BCUT2D eigenvalue weighted by molar-refractivity contribution is 0.482. The van der Waals surface area contributed by atoms with Gasteiger partial charge in [0.15, 0.2) is 0 Å². The molecule has 0 saturated heterocycles. The molecule has 0 saturated carbocycles. The van der Waals surface area contributed by atoms with Crippen molar-refractivity contribution in [1.82, 2.24) is 14.9 Å². The van der Waals surface area contributed by atoms with Gasteiger partial charge in [0.05, 0.1) is 6.21 Å². The first-order valence-corrected chi connectivity index (χ1v) is 11.1. The molecule has 0 spiro atoms. The van der Waals surface area contributed by atoms with Crippen LogP contribution in [0, 0.1) is 0 Å². The van der Waals surface area contributed by atoms with E-state index in [4.69, 9.17) is 10.6 Å². The van der Waals surface area contributed by atoms with Crippen LogP contribution in [0.5, 0.6) is 11.5 Å². The number of hydrogen-bond donors (Lipinski definition) is 2. The normalized spacial score (nSPS) is 11.0. The number of nitrogens with zero attached hydrogens (tertiary/aromatic N) is 4. The summed E-state index contributed by atoms with van der Waals surface area (Å²) in [7, 11) is 0. The number of anilines is 1. The predicted octanol–water partition coefficient (Wildman–Crippen LogP) is 5.29. The Bertz CT molecular complexity index is 1180. The molecule has 0 atom stereocenters. The first-order chi connectivity index (χ1) is 15.2. The third-order valence-electron chi connectivity index (χ3n) is 4.14. The fourth-order valence-corrected chi connectivity index (χ4v) is 3.92. The summed E-state index contributed by atoms with van der Waals surface area (Å²) in [5.74, 6) is 8.67. The number of rotatable bonds is 8. The third-order valence-corrected chi connectivity index (χ3v) is 5.64. The number of para-hydroxylation sites is 1. The SMILES string of the molecule is Nn1c(N/N=C/c2cccc(Oc3ccccc3)c2)nnc1SCc1cccc(Br)c1. The summed E-state index contributed by atoms with van der Waals surface area (Å²) in [5.41, 5.74) is 4.86. The van der Waals surface area contributed by atoms with Crippen molar-refractivity contribution in [2.75, 3.05) is 11.3 Å². The van der Waals surface area contributed by atoms with E-state index in [0.29, 0.717) is 11.1 Å². The Morgan fingerprint density at radius 1 is 1.00 bits per heavy atom. The molecule has 156 valence electrons. The Morgan fingerprint density at radius 2 is 1.81 bits per heavy atom. The molecule has 3 aromatic carbocycles. The van der Waals surface area contributed by atoms with Crippen LogP contribution in [0.1, 0.15) is 11.1 Å². The lowest BCUT2D eigenvalue weighted by Crippen LogP contribution is -2.13. The first-order valence-electron chi connectivity index (χ1n) is 9.37. The molecule has 1 aromatic heterocycles. The molecule has 1 heterocycles. The van der Waals surface area contributed by atoms with Gasteiger partial charge in [-0.3, -0.25) is 0 Å². The highest BCUT2D eigenvalue weighted by Crippen LogP contribution is 2.24. The maximum Gasteiger partial charge on any atom is 0.264 e. The number of ether oxygens (including phenoxy) is 1. The highest BCUT2D eigenvalue weighted by atomic mass is 79.9. The minimum absolute atomic E-state index is 0.352. The molecule has 0 unspecified atom stereocenters. The van der Waals surface area contributed by atoms with Crippen molar-refractivity contribution >= 4 is 39.9 Å². The van der Waals surface area contributed by atoms with Crippen LogP contribution < -0.4 is 16.0 Å². The van der Waals surface area contributed by atoms with Crippen molar-refractivity contribution in [3.05, 3.63) is 94.5 Å². The minimum atomic E-state index is 0.352. The van der Waals surface area contributed by atoms with Crippen LogP contribution in [-0.2, 0) is 5.75 Å². The third kappa shape index (κ3) is 5.87. The van der Waals surface area contributed by atoms with Gasteiger partial charge in [-0.25, -0.2) is 10.1 Å². The maximum absolute atomic E-state index is 6.09. The van der Waals surface area contributed by atoms with Gasteiger partial charge in [0.25, 0.3) is 5.95 Å². The number of hydrazone groups is 1. The monoisotopic (exact) mass is 494 g/mol. The zero-order valence-corrected chi connectivity index (χ0v) is 18.8. The molecule has 4 aromatic rings. The smallest absolute Gasteiger partial charge is 0.264 e. The zero-order chi connectivity index (χ0) is 21.5. The number of nitrogen functional groups attached to an aromatic ring is 1. The second-order valence-corrected chi connectivity index (χ2v) is 8.31. The standard InChI is InChI=1S/C22H19BrN6OS/c23-18-8-4-7-17(12-18)15-31-22-28-27-21(29(22)24)26-25-14-16-6-5-11-20(13-16)30-19-9-2-1-3-10-19/h1-14H,15,24H2,(H,26,27)/b25-14+. The number of benzene rings is 3. The van der Waals surface area contributed by atoms with Gasteiger partial charge in [-0.1, -0.05) is 70.2 Å². The van der Waals surface area contributed by atoms with Crippen LogP contribution in [-0.4, -0.2) is 21.1 Å². The van der Waals surface area contributed by atoms with E-state index in [9.17, 15) is 0 Å². The van der Waals surface area contributed by atoms with Gasteiger partial charge in [-0.2, -0.15) is 5.10 Å². The molecule has 0 aliphatic carbocycles. The predicted molar refractivity (Wildman–Crippen MR) is 128 cm³/mol. The molecular weight excluding hydrogens is 476 g/mol. The van der Waals surface area contributed by atoms with Crippen LogP contribution in [0.3, 0.4) is 0 Å². The number of halogens is 1. The number of nitrogens with two attached hydrogens (primary N) is 1. The van der Waals surface area contributed by atoms with Gasteiger partial charge in [0.1, 0.15) is 11.5 Å². The van der Waals surface area contributed by atoms with Crippen LogP contribution in [0.2, 0.25) is 0 Å². The lowest BCUT2D eigenvalue weighted by Gasteiger charge is -2.06. The summed E-state index contributed by atoms with van der Waals surface area (Å²) in [6, 6.07) is 25.3. The van der Waals surface area contributed by atoms with Gasteiger partial charge in [0, 0.05) is 10.2 Å². The van der Waals surface area contributed by atoms with Gasteiger partial charge in [-0.05, 0) is 47.5 Å². The van der Waals surface area contributed by atoms with E-state index < -0.39 is 0 Å². The van der Waals surface area contributed by atoms with Crippen LogP contribution in [0.4, 0.5) is 5.95 Å². The van der Waals surface area contributed by atoms with Crippen molar-refractivity contribution in [3.63, 3.8) is 0 Å². The average Bonchev–Trinajstić information content (AvgIpc) is 3.13. The lowest BCUT2D eigenvalue weighted by atomic mass is 10.2. The van der Waals surface area contributed by atoms with Gasteiger partial charge in [-0.15, -0.1) is 10.2 Å². The fraction of sp³-hybridized carbons (Fsp3) is 0.0455. The van der Waals surface area contributed by atoms with E-state index in [1.165, 1.54) is 16.4 Å². The van der Waals surface area contributed by atoms with Crippen molar-refractivity contribution in [3.8, 4) is 11.5 Å². The van der Waals surface area contributed by atoms with Crippen molar-refractivity contribution in [2.45, 2.75) is 10.9 Å². The molecule has 31 heavy (non-hydrogen) atoms. The Morgan fingerprint density at radius 3 is 2.65 bits per heavy atom. The van der Waals surface area contributed by atoms with Gasteiger partial charge >= 0.3 is 0 Å². The summed E-state index contributed by atoms with van der Waals surface area (Å²) in [4.78, 5) is 0. The molecule has 4 rings (SSSR count). The van der Waals surface area contributed by atoms with Gasteiger partial charge in [0.2, 0.25) is 5.16 Å². The summed E-state index contributed by atoms with van der Waals surface area (Å²) in [6.45, 7) is 0. The largest absolute Gasteiger partial charge is 0.457 e. The topological polar surface area (TPSA) is 90.3 Å². The second kappa shape index (κ2) is 10.1. The molecule has 0 fully saturated rings. The van der Waals surface area contributed by atoms with E-state index in [1.807, 2.05) is 72.8 Å².